The van der Waals surface area contributed by atoms with Crippen molar-refractivity contribution in [1.29, 1.82) is 0 Å². The van der Waals surface area contributed by atoms with Crippen molar-refractivity contribution in [3.8, 4) is 0 Å². The van der Waals surface area contributed by atoms with Crippen LogP contribution in [0.2, 0.25) is 0 Å². The second kappa shape index (κ2) is 5.31. The van der Waals surface area contributed by atoms with Gasteiger partial charge < -0.3 is 16.2 Å². The van der Waals surface area contributed by atoms with Gasteiger partial charge in [-0.3, -0.25) is 0 Å². The van der Waals surface area contributed by atoms with Crippen LogP contribution >= 0.6 is 0 Å². The van der Waals surface area contributed by atoms with Gasteiger partial charge in [-0.25, -0.2) is 9.97 Å². The maximum atomic E-state index is 9.86. The molecule has 1 heterocycles. The molecule has 4 N–H and O–H groups in total. The van der Waals surface area contributed by atoms with E-state index in [0.29, 0.717) is 17.6 Å². The van der Waals surface area contributed by atoms with E-state index >= 15 is 0 Å². The van der Waals surface area contributed by atoms with Gasteiger partial charge in [-0.2, -0.15) is 0 Å². The minimum atomic E-state index is -0.184. The summed E-state index contributed by atoms with van der Waals surface area (Å²) in [4.78, 5) is 8.28. The Labute approximate surface area is 101 Å². The first-order valence-corrected chi connectivity index (χ1v) is 6.18. The molecule has 17 heavy (non-hydrogen) atoms. The van der Waals surface area contributed by atoms with Gasteiger partial charge in [-0.15, -0.1) is 0 Å². The van der Waals surface area contributed by atoms with Crippen LogP contribution in [0, 0.1) is 12.8 Å². The van der Waals surface area contributed by atoms with E-state index in [0.717, 1.165) is 31.6 Å². The van der Waals surface area contributed by atoms with Crippen LogP contribution in [-0.4, -0.2) is 27.7 Å². The fourth-order valence-corrected chi connectivity index (χ4v) is 2.34. The number of aliphatic hydroxyl groups excluding tert-OH is 1. The smallest absolute Gasteiger partial charge is 0.131 e. The van der Waals surface area contributed by atoms with Crippen molar-refractivity contribution in [2.24, 2.45) is 5.92 Å². The van der Waals surface area contributed by atoms with Gasteiger partial charge in [0.25, 0.3) is 0 Å². The first kappa shape index (κ1) is 12.1. The number of aromatic nitrogens is 2. The number of hydrogen-bond acceptors (Lipinski definition) is 5. The van der Waals surface area contributed by atoms with Gasteiger partial charge in [0.05, 0.1) is 6.10 Å². The van der Waals surface area contributed by atoms with Crippen molar-refractivity contribution in [2.75, 3.05) is 17.6 Å². The van der Waals surface area contributed by atoms with E-state index in [9.17, 15) is 5.11 Å². The largest absolute Gasteiger partial charge is 0.393 e. The summed E-state index contributed by atoms with van der Waals surface area (Å²) >= 11 is 0. The molecule has 1 saturated carbocycles. The zero-order valence-electron chi connectivity index (χ0n) is 10.2. The van der Waals surface area contributed by atoms with Gasteiger partial charge in [-0.05, 0) is 19.8 Å². The Balaban J connectivity index is 1.92. The number of nitrogens with two attached hydrogens (primary N) is 1. The number of hydrogen-bond donors (Lipinski definition) is 3. The lowest BCUT2D eigenvalue weighted by atomic mass is 9.86. The predicted octanol–water partition coefficient (Wildman–Crippen LogP) is 1.33. The van der Waals surface area contributed by atoms with E-state index in [2.05, 4.69) is 15.3 Å². The number of rotatable bonds is 3. The second-order valence-electron chi connectivity index (χ2n) is 4.72. The molecule has 0 radical (unpaired) electrons. The van der Waals surface area contributed by atoms with Gasteiger partial charge in [0, 0.05) is 18.5 Å². The summed E-state index contributed by atoms with van der Waals surface area (Å²) in [5.41, 5.74) is 5.65. The van der Waals surface area contributed by atoms with Crippen molar-refractivity contribution in [1.82, 2.24) is 9.97 Å². The fraction of sp³-hybridized carbons (Fsp3) is 0.667. The zero-order chi connectivity index (χ0) is 12.3. The number of aliphatic hydroxyl groups is 1. The minimum absolute atomic E-state index is 0.184. The van der Waals surface area contributed by atoms with Crippen LogP contribution < -0.4 is 11.1 Å². The van der Waals surface area contributed by atoms with Crippen molar-refractivity contribution in [3.63, 3.8) is 0 Å². The number of nitrogen functional groups attached to an aromatic ring is 1. The Hall–Kier alpha value is -1.36. The summed E-state index contributed by atoms with van der Waals surface area (Å²) in [5, 5.41) is 13.1. The molecule has 0 aromatic carbocycles. The van der Waals surface area contributed by atoms with Gasteiger partial charge in [-0.1, -0.05) is 12.8 Å². The van der Waals surface area contributed by atoms with Gasteiger partial charge >= 0.3 is 0 Å². The van der Waals surface area contributed by atoms with Gasteiger partial charge in [0.1, 0.15) is 17.5 Å². The van der Waals surface area contributed by atoms with Crippen LogP contribution in [0.1, 0.15) is 31.5 Å². The number of aryl methyl sites for hydroxylation is 1. The van der Waals surface area contributed by atoms with E-state index < -0.39 is 0 Å². The standard InChI is InChI=1S/C12H20N4O/c1-8-15-11(13)6-12(16-8)14-7-9-4-2-3-5-10(9)17/h6,9-10,17H,2-5,7H2,1H3,(H3,13,14,15,16). The maximum absolute atomic E-state index is 9.86. The highest BCUT2D eigenvalue weighted by Gasteiger charge is 2.22. The van der Waals surface area contributed by atoms with Crippen LogP contribution in [-0.2, 0) is 0 Å². The molecule has 0 bridgehead atoms. The van der Waals surface area contributed by atoms with E-state index in [1.165, 1.54) is 6.42 Å². The third kappa shape index (κ3) is 3.30. The number of nitrogens with one attached hydrogen (secondary N) is 1. The normalized spacial score (nSPS) is 24.6. The SMILES string of the molecule is Cc1nc(N)cc(NCC2CCCCC2O)n1. The van der Waals surface area contributed by atoms with Crippen molar-refractivity contribution in [3.05, 3.63) is 11.9 Å². The molecule has 1 aromatic heterocycles. The molecule has 2 rings (SSSR count). The highest BCUT2D eigenvalue weighted by Crippen LogP contribution is 2.24. The van der Waals surface area contributed by atoms with Crippen molar-refractivity contribution >= 4 is 11.6 Å². The Morgan fingerprint density at radius 1 is 1.41 bits per heavy atom. The molecule has 0 amide bonds. The molecule has 94 valence electrons. The maximum Gasteiger partial charge on any atom is 0.131 e. The number of nitrogens with zero attached hydrogens (tertiary/aromatic N) is 2. The molecule has 0 spiro atoms. The van der Waals surface area contributed by atoms with Crippen molar-refractivity contribution in [2.45, 2.75) is 38.7 Å². The van der Waals surface area contributed by atoms with Gasteiger partial charge in [0.15, 0.2) is 0 Å². The first-order chi connectivity index (χ1) is 8.15. The van der Waals surface area contributed by atoms with Gasteiger partial charge in [0.2, 0.25) is 0 Å². The molecule has 2 unspecified atom stereocenters. The van der Waals surface area contributed by atoms with E-state index in [-0.39, 0.29) is 6.10 Å². The van der Waals surface area contributed by atoms with Crippen LogP contribution in [0.15, 0.2) is 6.07 Å². The quantitative estimate of drug-likeness (QED) is 0.737. The van der Waals surface area contributed by atoms with Crippen LogP contribution in [0.3, 0.4) is 0 Å². The molecular formula is C12H20N4O. The Morgan fingerprint density at radius 2 is 2.18 bits per heavy atom. The van der Waals surface area contributed by atoms with Crippen LogP contribution in [0.5, 0.6) is 0 Å². The van der Waals surface area contributed by atoms with Crippen molar-refractivity contribution < 1.29 is 5.11 Å². The first-order valence-electron chi connectivity index (χ1n) is 6.18. The summed E-state index contributed by atoms with van der Waals surface area (Å²) in [6, 6.07) is 1.72. The molecule has 1 fully saturated rings. The average Bonchev–Trinajstić information content (AvgIpc) is 2.27. The summed E-state index contributed by atoms with van der Waals surface area (Å²) < 4.78 is 0. The summed E-state index contributed by atoms with van der Waals surface area (Å²) in [7, 11) is 0. The Bertz CT molecular complexity index is 363. The molecule has 1 aromatic rings. The molecular weight excluding hydrogens is 216 g/mol. The summed E-state index contributed by atoms with van der Waals surface area (Å²) in [6.07, 6.45) is 4.15. The molecule has 0 aliphatic heterocycles. The van der Waals surface area contributed by atoms with E-state index in [1.807, 2.05) is 6.92 Å². The second-order valence-corrected chi connectivity index (χ2v) is 4.72. The monoisotopic (exact) mass is 236 g/mol. The molecule has 5 heteroatoms. The number of anilines is 2. The summed E-state index contributed by atoms with van der Waals surface area (Å²) in [5.74, 6) is 2.20. The van der Waals surface area contributed by atoms with E-state index in [1.54, 1.807) is 6.07 Å². The molecule has 0 saturated heterocycles. The predicted molar refractivity (Wildman–Crippen MR) is 67.6 cm³/mol. The topological polar surface area (TPSA) is 84.1 Å². The van der Waals surface area contributed by atoms with E-state index in [4.69, 9.17) is 5.73 Å². The lowest BCUT2D eigenvalue weighted by Crippen LogP contribution is -2.30. The third-order valence-electron chi connectivity index (χ3n) is 3.27. The fourth-order valence-electron chi connectivity index (χ4n) is 2.34. The average molecular weight is 236 g/mol. The van der Waals surface area contributed by atoms with Crippen LogP contribution in [0.4, 0.5) is 11.6 Å². The molecule has 1 aliphatic carbocycles. The third-order valence-corrected chi connectivity index (χ3v) is 3.27. The molecule has 1 aliphatic rings. The Kier molecular flexibility index (Phi) is 3.78. The highest BCUT2D eigenvalue weighted by molar-refractivity contribution is 5.44. The highest BCUT2D eigenvalue weighted by atomic mass is 16.3. The lowest BCUT2D eigenvalue weighted by molar-refractivity contribution is 0.0763. The Morgan fingerprint density at radius 3 is 2.88 bits per heavy atom. The molecule has 5 nitrogen and oxygen atoms in total. The van der Waals surface area contributed by atoms with Crippen LogP contribution in [0.25, 0.3) is 0 Å². The molecule has 2 atom stereocenters. The summed E-state index contributed by atoms with van der Waals surface area (Å²) in [6.45, 7) is 2.56. The zero-order valence-corrected chi connectivity index (χ0v) is 10.2. The minimum Gasteiger partial charge on any atom is -0.393 e. The lowest BCUT2D eigenvalue weighted by Gasteiger charge is -2.27.